The lowest BCUT2D eigenvalue weighted by Gasteiger charge is -1.99. The van der Waals surface area contributed by atoms with Crippen LogP contribution in [-0.4, -0.2) is 20.5 Å². The number of rotatable bonds is 3. The summed E-state index contributed by atoms with van der Waals surface area (Å²) in [5.41, 5.74) is 0. The Morgan fingerprint density at radius 1 is 1.62 bits per heavy atom. The Morgan fingerprint density at radius 3 is 2.77 bits per heavy atom. The van der Waals surface area contributed by atoms with Crippen molar-refractivity contribution >= 4 is 11.8 Å². The number of hydrogen-bond acceptors (Lipinski definition) is 4. The molecule has 0 fully saturated rings. The zero-order chi connectivity index (χ0) is 9.84. The molecule has 0 amide bonds. The fourth-order valence-electron chi connectivity index (χ4n) is 0.739. The van der Waals surface area contributed by atoms with Gasteiger partial charge in [0.25, 0.3) is 6.43 Å². The van der Waals surface area contributed by atoms with Gasteiger partial charge in [-0.1, -0.05) is 11.8 Å². The number of thioether (sulfide) groups is 1. The van der Waals surface area contributed by atoms with Gasteiger partial charge < -0.3 is 4.57 Å². The average Bonchev–Trinajstić information content (AvgIpc) is 2.43. The van der Waals surface area contributed by atoms with Crippen LogP contribution in [0.1, 0.15) is 12.2 Å². The van der Waals surface area contributed by atoms with Crippen molar-refractivity contribution in [2.75, 3.05) is 5.75 Å². The van der Waals surface area contributed by atoms with Gasteiger partial charge in [0.05, 0.1) is 11.8 Å². The molecule has 0 aliphatic carbocycles. The molecule has 13 heavy (non-hydrogen) atoms. The molecule has 70 valence electrons. The standard InChI is InChI=1S/C6H6F2N4S/c1-12-5(4(7)8)10-11-6(12)13-3-2-9/h4H,3H2,1H3. The smallest absolute Gasteiger partial charge is 0.297 e. The number of aromatic nitrogens is 3. The summed E-state index contributed by atoms with van der Waals surface area (Å²) in [6.07, 6.45) is -2.63. The van der Waals surface area contributed by atoms with Crippen LogP contribution in [-0.2, 0) is 7.05 Å². The van der Waals surface area contributed by atoms with Crippen molar-refractivity contribution in [3.8, 4) is 6.07 Å². The van der Waals surface area contributed by atoms with Crippen LogP contribution in [0.3, 0.4) is 0 Å². The molecule has 0 atom stereocenters. The van der Waals surface area contributed by atoms with Crippen molar-refractivity contribution in [1.82, 2.24) is 14.8 Å². The summed E-state index contributed by atoms with van der Waals surface area (Å²) >= 11 is 1.08. The highest BCUT2D eigenvalue weighted by molar-refractivity contribution is 7.99. The van der Waals surface area contributed by atoms with Crippen LogP contribution in [0.4, 0.5) is 8.78 Å². The highest BCUT2D eigenvalue weighted by Gasteiger charge is 2.17. The predicted octanol–water partition coefficient (Wildman–Crippen LogP) is 1.37. The van der Waals surface area contributed by atoms with E-state index in [0.717, 1.165) is 11.8 Å². The van der Waals surface area contributed by atoms with Crippen molar-refractivity contribution in [2.45, 2.75) is 11.6 Å². The molecule has 0 radical (unpaired) electrons. The first-order chi connectivity index (χ1) is 6.16. The molecule has 1 heterocycles. The Hall–Kier alpha value is -1.16. The van der Waals surface area contributed by atoms with Crippen LogP contribution in [0.25, 0.3) is 0 Å². The molecule has 0 aromatic carbocycles. The van der Waals surface area contributed by atoms with Crippen LogP contribution in [0, 0.1) is 11.3 Å². The van der Waals surface area contributed by atoms with Crippen molar-refractivity contribution < 1.29 is 8.78 Å². The Labute approximate surface area is 77.6 Å². The Balaban J connectivity index is 2.81. The summed E-state index contributed by atoms with van der Waals surface area (Å²) in [5, 5.41) is 15.4. The number of halogens is 2. The average molecular weight is 204 g/mol. The van der Waals surface area contributed by atoms with E-state index in [4.69, 9.17) is 5.26 Å². The van der Waals surface area contributed by atoms with Gasteiger partial charge >= 0.3 is 0 Å². The number of hydrogen-bond donors (Lipinski definition) is 0. The zero-order valence-electron chi connectivity index (χ0n) is 6.74. The maximum atomic E-state index is 12.2. The van der Waals surface area contributed by atoms with Crippen molar-refractivity contribution in [1.29, 1.82) is 5.26 Å². The molecule has 0 saturated heterocycles. The Bertz CT molecular complexity index is 330. The summed E-state index contributed by atoms with van der Waals surface area (Å²) in [5.74, 6) is -0.199. The van der Waals surface area contributed by atoms with Gasteiger partial charge in [0.2, 0.25) is 5.82 Å². The van der Waals surface area contributed by atoms with E-state index in [1.165, 1.54) is 11.6 Å². The molecule has 1 rings (SSSR count). The van der Waals surface area contributed by atoms with Gasteiger partial charge in [-0.25, -0.2) is 8.78 Å². The highest BCUT2D eigenvalue weighted by atomic mass is 32.2. The maximum absolute atomic E-state index is 12.2. The molecule has 0 N–H and O–H groups in total. The topological polar surface area (TPSA) is 54.5 Å². The third-order valence-electron chi connectivity index (χ3n) is 1.33. The van der Waals surface area contributed by atoms with Gasteiger partial charge in [0, 0.05) is 7.05 Å². The number of nitriles is 1. The van der Waals surface area contributed by atoms with Crippen molar-refractivity contribution in [3.05, 3.63) is 5.82 Å². The quantitative estimate of drug-likeness (QED) is 0.698. The first kappa shape index (κ1) is 9.92. The summed E-state index contributed by atoms with van der Waals surface area (Å²) in [6, 6.07) is 1.88. The van der Waals surface area contributed by atoms with Crippen LogP contribution in [0.2, 0.25) is 0 Å². The Kier molecular flexibility index (Phi) is 3.19. The third kappa shape index (κ3) is 2.15. The van der Waals surface area contributed by atoms with Crippen molar-refractivity contribution in [3.63, 3.8) is 0 Å². The summed E-state index contributed by atoms with van der Waals surface area (Å²) in [7, 11) is 1.45. The second-order valence-corrected chi connectivity index (χ2v) is 3.09. The van der Waals surface area contributed by atoms with E-state index < -0.39 is 6.43 Å². The lowest BCUT2D eigenvalue weighted by atomic mass is 10.6. The molecule has 0 saturated carbocycles. The fourth-order valence-corrected chi connectivity index (χ4v) is 1.32. The second-order valence-electron chi connectivity index (χ2n) is 2.15. The minimum absolute atomic E-state index is 0.176. The molecule has 0 spiro atoms. The molecule has 0 bridgehead atoms. The van der Waals surface area contributed by atoms with Gasteiger partial charge in [0.1, 0.15) is 0 Å². The van der Waals surface area contributed by atoms with E-state index in [1.807, 2.05) is 6.07 Å². The second kappa shape index (κ2) is 4.18. The summed E-state index contributed by atoms with van der Waals surface area (Å²) < 4.78 is 25.5. The zero-order valence-corrected chi connectivity index (χ0v) is 7.55. The number of alkyl halides is 2. The van der Waals surface area contributed by atoms with Gasteiger partial charge in [0.15, 0.2) is 5.16 Å². The molecular formula is C6H6F2N4S. The first-order valence-electron chi connectivity index (χ1n) is 3.34. The van der Waals surface area contributed by atoms with Gasteiger partial charge in [-0.15, -0.1) is 10.2 Å². The molecule has 1 aromatic heterocycles. The summed E-state index contributed by atoms with van der Waals surface area (Å²) in [4.78, 5) is 0. The SMILES string of the molecule is Cn1c(SCC#N)nnc1C(F)F. The van der Waals surface area contributed by atoms with E-state index in [9.17, 15) is 8.78 Å². The molecule has 0 aliphatic rings. The molecule has 1 aromatic rings. The molecule has 0 unspecified atom stereocenters. The van der Waals surface area contributed by atoms with Gasteiger partial charge in [-0.05, 0) is 0 Å². The predicted molar refractivity (Wildman–Crippen MR) is 42.3 cm³/mol. The van der Waals surface area contributed by atoms with E-state index in [-0.39, 0.29) is 11.6 Å². The minimum atomic E-state index is -2.63. The minimum Gasteiger partial charge on any atom is -0.304 e. The van der Waals surface area contributed by atoms with Crippen molar-refractivity contribution in [2.24, 2.45) is 7.05 Å². The Morgan fingerprint density at radius 2 is 2.31 bits per heavy atom. The summed E-state index contributed by atoms with van der Waals surface area (Å²) in [6.45, 7) is 0. The molecule has 4 nitrogen and oxygen atoms in total. The van der Waals surface area contributed by atoms with E-state index in [2.05, 4.69) is 10.2 Å². The lowest BCUT2D eigenvalue weighted by Crippen LogP contribution is -1.99. The first-order valence-corrected chi connectivity index (χ1v) is 4.32. The maximum Gasteiger partial charge on any atom is 0.297 e. The molecule has 0 aliphatic heterocycles. The van der Waals surface area contributed by atoms with E-state index in [0.29, 0.717) is 5.16 Å². The highest BCUT2D eigenvalue weighted by Crippen LogP contribution is 2.21. The monoisotopic (exact) mass is 204 g/mol. The van der Waals surface area contributed by atoms with Crippen LogP contribution >= 0.6 is 11.8 Å². The van der Waals surface area contributed by atoms with Gasteiger partial charge in [-0.3, -0.25) is 0 Å². The third-order valence-corrected chi connectivity index (χ3v) is 2.22. The van der Waals surface area contributed by atoms with Crippen LogP contribution in [0.15, 0.2) is 5.16 Å². The fraction of sp³-hybridized carbons (Fsp3) is 0.500. The number of nitrogens with zero attached hydrogens (tertiary/aromatic N) is 4. The van der Waals surface area contributed by atoms with Gasteiger partial charge in [-0.2, -0.15) is 5.26 Å². The lowest BCUT2D eigenvalue weighted by molar-refractivity contribution is 0.135. The van der Waals surface area contributed by atoms with Crippen LogP contribution in [0.5, 0.6) is 0 Å². The molecule has 7 heteroatoms. The normalized spacial score (nSPS) is 10.4. The van der Waals surface area contributed by atoms with E-state index in [1.54, 1.807) is 0 Å². The largest absolute Gasteiger partial charge is 0.304 e. The van der Waals surface area contributed by atoms with E-state index >= 15 is 0 Å². The van der Waals surface area contributed by atoms with Crippen LogP contribution < -0.4 is 0 Å². The molecular weight excluding hydrogens is 198 g/mol.